The Balaban J connectivity index is 0.00000157. The second-order valence-electron chi connectivity index (χ2n) is 31.1. The summed E-state index contributed by atoms with van der Waals surface area (Å²) in [7, 11) is 9.38. The number of nitrogens with one attached hydrogen (secondary N) is 3. The molecule has 0 unspecified atom stereocenters. The minimum atomic E-state index is -0.0799. The van der Waals surface area contributed by atoms with E-state index in [1.807, 2.05) is 301 Å². The van der Waals surface area contributed by atoms with Crippen molar-refractivity contribution in [3.63, 3.8) is 0 Å². The number of furan rings is 2. The first kappa shape index (κ1) is 135. The van der Waals surface area contributed by atoms with Crippen molar-refractivity contribution in [3.8, 4) is 0 Å². The number of likely N-dealkylation sites (tertiary alicyclic amines) is 1. The molecule has 2 aliphatic heterocycles. The van der Waals surface area contributed by atoms with E-state index >= 15 is 0 Å². The number of hydrogen-bond acceptors (Lipinski definition) is 16. The normalized spacial score (nSPS) is 11.1. The summed E-state index contributed by atoms with van der Waals surface area (Å²) >= 11 is 3.32. The maximum atomic E-state index is 11.5. The van der Waals surface area contributed by atoms with Crippen LogP contribution in [0.4, 0.5) is 0 Å². The zero-order valence-corrected chi connectivity index (χ0v) is 98.5. The summed E-state index contributed by atoms with van der Waals surface area (Å²) in [5, 5.41) is 22.8. The Bertz CT molecular complexity index is 6710. The highest BCUT2D eigenvalue weighted by molar-refractivity contribution is 7.26. The summed E-state index contributed by atoms with van der Waals surface area (Å²) in [5.74, 6) is 0. The number of H-pyrrole nitrogens is 2. The second kappa shape index (κ2) is 81.9. The van der Waals surface area contributed by atoms with Crippen molar-refractivity contribution in [2.24, 2.45) is 21.1 Å². The molecular weight excluding hydrogens is 1870 g/mol. The topological polar surface area (TPSA) is 220 Å². The van der Waals surface area contributed by atoms with Crippen LogP contribution < -0.4 is 22.0 Å². The highest BCUT2D eigenvalue weighted by Crippen LogP contribution is 2.36. The largest absolute Gasteiger partial charge is 0.472 e. The molecule has 21 heteroatoms. The number of para-hydroxylation sites is 4. The summed E-state index contributed by atoms with van der Waals surface area (Å²) in [6.45, 7) is 69.9. The smallest absolute Gasteiger partial charge is 0.271 e. The Hall–Kier alpha value is -13.2. The molecule has 9 aromatic carbocycles. The van der Waals surface area contributed by atoms with Crippen LogP contribution in [-0.4, -0.2) is 117 Å². The molecule has 0 amide bonds. The lowest BCUT2D eigenvalue weighted by Crippen LogP contribution is -2.40. The molecule has 3 aliphatic rings. The van der Waals surface area contributed by atoms with E-state index in [4.69, 9.17) is 8.83 Å². The molecule has 13 heterocycles. The lowest BCUT2D eigenvalue weighted by molar-refractivity contribution is 0.291. The van der Waals surface area contributed by atoms with Crippen molar-refractivity contribution in [1.82, 2.24) is 68.9 Å². The number of hydrogen-bond donors (Lipinski definition) is 3. The Labute approximate surface area is 896 Å². The van der Waals surface area contributed by atoms with Gasteiger partial charge in [-0.3, -0.25) is 29.5 Å². The van der Waals surface area contributed by atoms with Gasteiger partial charge in [0.2, 0.25) is 0 Å². The molecule has 23 rings (SSSR count). The number of nitrogens with zero attached hydrogens (tertiary/aromatic N) is 11. The van der Waals surface area contributed by atoms with Crippen LogP contribution in [0.25, 0.3) is 107 Å². The summed E-state index contributed by atoms with van der Waals surface area (Å²) < 4.78 is 18.4. The van der Waals surface area contributed by atoms with E-state index in [0.29, 0.717) is 16.4 Å². The third kappa shape index (κ3) is 46.1. The fourth-order valence-electron chi connectivity index (χ4n) is 14.2. The number of likely N-dealkylation sites (N-methyl/N-ethyl adjacent to an activating group) is 1. The van der Waals surface area contributed by atoms with E-state index in [2.05, 4.69) is 237 Å². The fourth-order valence-corrected chi connectivity index (χ4v) is 16.2. The van der Waals surface area contributed by atoms with Gasteiger partial charge in [0.25, 0.3) is 16.7 Å². The molecule has 0 radical (unpaired) electrons. The van der Waals surface area contributed by atoms with Crippen LogP contribution >= 0.6 is 22.7 Å². The van der Waals surface area contributed by atoms with E-state index < -0.39 is 0 Å². The number of aryl methyl sites for hydroxylation is 12. The fraction of sp³-hybridized carbons (Fsp3) is 0.378. The van der Waals surface area contributed by atoms with Gasteiger partial charge in [0.15, 0.2) is 5.65 Å². The number of aromatic amines is 2. The van der Waals surface area contributed by atoms with E-state index in [9.17, 15) is 14.4 Å². The molecule has 2 fully saturated rings. The highest BCUT2D eigenvalue weighted by atomic mass is 32.1. The van der Waals surface area contributed by atoms with E-state index in [1.165, 1.54) is 201 Å². The van der Waals surface area contributed by atoms with Crippen LogP contribution in [0.1, 0.15) is 242 Å². The van der Waals surface area contributed by atoms with Crippen molar-refractivity contribution in [1.29, 1.82) is 0 Å². The zero-order valence-electron chi connectivity index (χ0n) is 96.9. The number of aromatic nitrogens is 11. The van der Waals surface area contributed by atoms with Gasteiger partial charge >= 0.3 is 0 Å². The molecule has 0 bridgehead atoms. The first-order valence-corrected chi connectivity index (χ1v) is 55.6. The summed E-state index contributed by atoms with van der Waals surface area (Å²) in [4.78, 5) is 62.6. The SMILES string of the molecule is CC.CC.CC.CC.CC.CC.CC.CC.CC.CC.CC.CC.CN1CCCC1.CN1CCNCC1.Cc1cc2ccccc2cn1.Cc1ccc2[nH]ccc2c1.Cc1ccc2c(c1)CCCC2.Cc1ccc2ccccc2n1.Cc1cccc2c1oc1ccccc12.Cc1cccc2c1sc1ccccc12.Cc1ccoc1.Cn1cnc2[nH]ncc2c1=O.Cn1cnc2ccccc2c1=O.Cn1cnc2ccsc2c1=O. The monoisotopic (exact) mass is 2050 g/mol. The molecule has 0 atom stereocenters. The second-order valence-corrected chi connectivity index (χ2v) is 33.1. The number of thiophene rings is 2. The predicted molar refractivity (Wildman–Crippen MR) is 654 cm³/mol. The van der Waals surface area contributed by atoms with E-state index in [0.717, 1.165) is 56.9 Å². The van der Waals surface area contributed by atoms with Crippen LogP contribution in [0, 0.1) is 48.5 Å². The molecule has 0 saturated carbocycles. The Morgan fingerprint density at radius 1 is 0.358 bits per heavy atom. The Morgan fingerprint density at radius 3 is 1.47 bits per heavy atom. The third-order valence-electron chi connectivity index (χ3n) is 21.1. The van der Waals surface area contributed by atoms with Crippen molar-refractivity contribution >= 4 is 130 Å². The zero-order chi connectivity index (χ0) is 111. The molecule has 1 aliphatic carbocycles. The lowest BCUT2D eigenvalue weighted by atomic mass is 9.91. The van der Waals surface area contributed by atoms with Crippen LogP contribution in [-0.2, 0) is 34.0 Å². The molecule has 148 heavy (non-hydrogen) atoms. The summed E-state index contributed by atoms with van der Waals surface area (Å²) in [6.07, 6.45) is 21.5. The van der Waals surface area contributed by atoms with E-state index in [1.54, 1.807) is 50.9 Å². The number of pyridine rings is 2. The maximum Gasteiger partial charge on any atom is 0.271 e. The molecule has 20 aromatic rings. The van der Waals surface area contributed by atoms with Crippen molar-refractivity contribution in [2.75, 3.05) is 53.4 Å². The van der Waals surface area contributed by atoms with Gasteiger partial charge in [0.05, 0.1) is 59.6 Å². The van der Waals surface area contributed by atoms with E-state index in [-0.39, 0.29) is 16.7 Å². The first-order chi connectivity index (χ1) is 72.2. The van der Waals surface area contributed by atoms with Gasteiger partial charge < -0.3 is 42.6 Å². The number of piperazine rings is 1. The molecule has 802 valence electrons. The first-order valence-electron chi connectivity index (χ1n) is 53.9. The minimum absolute atomic E-state index is 0.000556. The lowest BCUT2D eigenvalue weighted by Gasteiger charge is -2.21. The van der Waals surface area contributed by atoms with Gasteiger partial charge in [-0.05, 0) is 231 Å². The number of fused-ring (bicyclic) bond motifs is 13. The standard InChI is InChI=1S/C13H10O.C13H10S.C11H14.2C10H9N.C9H8N2O.C9H9N.C7H6N2OS.C6H6N4O.C5H12N2.C5H11N.C5H6O.12C2H6/c2*1-9-5-4-7-11-10-6-2-3-8-12(10)14-13(9)11;1-9-6-7-10-4-2-3-5-11(10)8-9;1-8-6-9-4-2-3-5-10(9)7-11-8;1-8-6-7-9-4-2-3-5-10(9)11-8;1-11-6-10-8-5-3-2-4-7(8)9(11)12;1-7-2-3-9-8(6-7)4-5-10-9;1-9-4-8-5-2-3-11-6(5)7(9)10;1-10-3-7-5-4(6(10)11)2-8-9-5;1-7-4-2-6-3-5-7;1-6-4-2-3-5-6;1-5-2-3-6-4-5;12*1-2/h2*2-8H,1H3;6-8H,2-5H2,1H3;2*2-7H,1H3;2-6H,1H3;2-6,10H,1H3;2-4H,1H3;2-3H,1H3,(H,8,9);6H,2-5H2,1H3;2-5H2,1H3;2-4H,1H3;12*1-2H3. The quantitative estimate of drug-likeness (QED) is 0.129. The molecule has 3 N–H and O–H groups in total. The summed E-state index contributed by atoms with van der Waals surface area (Å²) in [6, 6.07) is 78.5. The molecule has 19 nitrogen and oxygen atoms in total. The van der Waals surface area contributed by atoms with Gasteiger partial charge in [-0.25, -0.2) is 15.0 Å². The van der Waals surface area contributed by atoms with Crippen LogP contribution in [0.3, 0.4) is 0 Å². The Kier molecular flexibility index (Phi) is 74.6. The molecular formula is C127H182N14O5S2. The van der Waals surface area contributed by atoms with Crippen molar-refractivity contribution < 1.29 is 8.83 Å². The van der Waals surface area contributed by atoms with Gasteiger partial charge in [0, 0.05) is 118 Å². The maximum absolute atomic E-state index is 11.5. The third-order valence-corrected chi connectivity index (χ3v) is 23.4. The molecule has 0 spiro atoms. The van der Waals surface area contributed by atoms with Gasteiger partial charge in [-0.15, -0.1) is 22.7 Å². The van der Waals surface area contributed by atoms with Crippen LogP contribution in [0.2, 0.25) is 0 Å². The van der Waals surface area contributed by atoms with Crippen LogP contribution in [0.15, 0.2) is 309 Å². The average Bonchev–Trinajstić information content (AvgIpc) is 1.64. The Morgan fingerprint density at radius 2 is 0.872 bits per heavy atom. The minimum Gasteiger partial charge on any atom is -0.472 e. The number of rotatable bonds is 0. The predicted octanol–water partition coefficient (Wildman–Crippen LogP) is 34.4. The molecule has 2 saturated heterocycles. The summed E-state index contributed by atoms with van der Waals surface area (Å²) in [5.41, 5.74) is 18.1. The van der Waals surface area contributed by atoms with Crippen molar-refractivity contribution in [2.45, 2.75) is 253 Å². The number of benzene rings is 9. The van der Waals surface area contributed by atoms with Gasteiger partial charge in [0.1, 0.15) is 21.3 Å². The average molecular weight is 2050 g/mol. The molecule has 11 aromatic heterocycles. The van der Waals surface area contributed by atoms with Crippen molar-refractivity contribution in [3.05, 3.63) is 367 Å². The van der Waals surface area contributed by atoms with Crippen LogP contribution in [0.5, 0.6) is 0 Å². The highest BCUT2D eigenvalue weighted by Gasteiger charge is 2.12. The van der Waals surface area contributed by atoms with Gasteiger partial charge in [-0.1, -0.05) is 335 Å². The van der Waals surface area contributed by atoms with Gasteiger partial charge in [-0.2, -0.15) is 5.10 Å².